The van der Waals surface area contributed by atoms with Gasteiger partial charge in [0.15, 0.2) is 0 Å². The van der Waals surface area contributed by atoms with Crippen LogP contribution in [0.25, 0.3) is 17.0 Å². The minimum atomic E-state index is -0.892. The van der Waals surface area contributed by atoms with Crippen LogP contribution in [0.1, 0.15) is 29.6 Å². The normalized spacial score (nSPS) is 21.5. The van der Waals surface area contributed by atoms with Crippen molar-refractivity contribution >= 4 is 17.4 Å². The van der Waals surface area contributed by atoms with Crippen LogP contribution in [0.15, 0.2) is 42.7 Å². The van der Waals surface area contributed by atoms with Crippen molar-refractivity contribution in [3.8, 4) is 11.4 Å². The zero-order valence-electron chi connectivity index (χ0n) is 16.6. The molecule has 0 bridgehead atoms. The zero-order chi connectivity index (χ0) is 20.5. The van der Waals surface area contributed by atoms with Gasteiger partial charge in [-0.3, -0.25) is 9.20 Å². The Morgan fingerprint density at radius 1 is 1.27 bits per heavy atom. The van der Waals surface area contributed by atoms with E-state index in [4.69, 9.17) is 0 Å². The van der Waals surface area contributed by atoms with E-state index < -0.39 is 6.17 Å². The summed E-state index contributed by atoms with van der Waals surface area (Å²) < 4.78 is 16.1. The number of carbonyl (C=O) groups is 1. The van der Waals surface area contributed by atoms with Gasteiger partial charge in [-0.25, -0.2) is 14.4 Å². The highest BCUT2D eigenvalue weighted by Gasteiger charge is 2.25. The quantitative estimate of drug-likeness (QED) is 0.584. The first-order valence-electron chi connectivity index (χ1n) is 10.5. The Labute approximate surface area is 174 Å². The van der Waals surface area contributed by atoms with Gasteiger partial charge in [0.1, 0.15) is 17.6 Å². The monoisotopic (exact) mass is 408 g/mol. The molecule has 1 saturated heterocycles. The van der Waals surface area contributed by atoms with E-state index in [-0.39, 0.29) is 11.9 Å². The number of anilines is 1. The Kier molecular flexibility index (Phi) is 5.08. The number of rotatable bonds is 6. The van der Waals surface area contributed by atoms with Crippen LogP contribution >= 0.6 is 0 Å². The first-order valence-corrected chi connectivity index (χ1v) is 10.5. The van der Waals surface area contributed by atoms with Gasteiger partial charge in [-0.05, 0) is 56.0 Å². The first-order chi connectivity index (χ1) is 14.7. The molecule has 30 heavy (non-hydrogen) atoms. The lowest BCUT2D eigenvalue weighted by Gasteiger charge is -2.28. The molecule has 8 heteroatoms. The standard InChI is InChI=1S/C22H25FN6O/c23-16-6-8-24-12-18(16)28-20-3-1-2-17(27-20)19-13-25-21-10-15(7-9-29(19)21)22(30)26-11-14-4-5-14/h1-3,7,9-10,13-14,16,18,24H,4-6,8,11-12H2,(H,26,30)(H,27,28). The summed E-state index contributed by atoms with van der Waals surface area (Å²) in [5.74, 6) is 1.20. The van der Waals surface area contributed by atoms with Crippen molar-refractivity contribution < 1.29 is 9.18 Å². The number of carbonyl (C=O) groups excluding carboxylic acids is 1. The molecule has 0 aromatic carbocycles. The second-order valence-electron chi connectivity index (χ2n) is 8.11. The van der Waals surface area contributed by atoms with Crippen LogP contribution in [0.4, 0.5) is 10.2 Å². The number of imidazole rings is 1. The summed E-state index contributed by atoms with van der Waals surface area (Å²) in [5.41, 5.74) is 2.83. The van der Waals surface area contributed by atoms with Gasteiger partial charge < -0.3 is 16.0 Å². The molecule has 1 aliphatic heterocycles. The summed E-state index contributed by atoms with van der Waals surface area (Å²) in [4.78, 5) is 21.5. The molecule has 1 saturated carbocycles. The third-order valence-corrected chi connectivity index (χ3v) is 5.77. The molecule has 3 N–H and O–H groups in total. The molecule has 0 spiro atoms. The minimum absolute atomic E-state index is 0.0693. The number of aromatic nitrogens is 3. The number of halogens is 1. The minimum Gasteiger partial charge on any atom is -0.363 e. The molecular formula is C22H25FN6O. The van der Waals surface area contributed by atoms with Crippen molar-refractivity contribution in [3.05, 3.63) is 48.3 Å². The molecule has 2 fully saturated rings. The number of pyridine rings is 2. The molecule has 0 radical (unpaired) electrons. The molecule has 3 aromatic heterocycles. The Bertz CT molecular complexity index is 1060. The predicted octanol–water partition coefficient (Wildman–Crippen LogP) is 2.65. The Balaban J connectivity index is 1.36. The Morgan fingerprint density at radius 3 is 3.00 bits per heavy atom. The molecule has 5 rings (SSSR count). The lowest BCUT2D eigenvalue weighted by atomic mass is 10.1. The van der Waals surface area contributed by atoms with E-state index in [1.165, 1.54) is 12.8 Å². The van der Waals surface area contributed by atoms with E-state index in [0.717, 1.165) is 17.9 Å². The fraction of sp³-hybridized carbons (Fsp3) is 0.409. The second-order valence-corrected chi connectivity index (χ2v) is 8.11. The van der Waals surface area contributed by atoms with Gasteiger partial charge in [0.2, 0.25) is 0 Å². The van der Waals surface area contributed by atoms with Crippen LogP contribution < -0.4 is 16.0 Å². The fourth-order valence-electron chi connectivity index (χ4n) is 3.79. The number of nitrogens with one attached hydrogen (secondary N) is 3. The molecule has 3 aromatic rings. The first kappa shape index (κ1) is 19.0. The Morgan fingerprint density at radius 2 is 2.17 bits per heavy atom. The van der Waals surface area contributed by atoms with Gasteiger partial charge in [-0.1, -0.05) is 6.07 Å². The largest absolute Gasteiger partial charge is 0.363 e. The maximum Gasteiger partial charge on any atom is 0.251 e. The maximum absolute atomic E-state index is 14.1. The van der Waals surface area contributed by atoms with E-state index in [1.807, 2.05) is 28.8 Å². The van der Waals surface area contributed by atoms with Crippen molar-refractivity contribution in [1.82, 2.24) is 25.0 Å². The average molecular weight is 408 g/mol. The molecule has 4 heterocycles. The van der Waals surface area contributed by atoms with E-state index >= 15 is 0 Å². The van der Waals surface area contributed by atoms with Gasteiger partial charge in [0.05, 0.1) is 23.6 Å². The number of amides is 1. The van der Waals surface area contributed by atoms with Gasteiger partial charge in [-0.2, -0.15) is 0 Å². The van der Waals surface area contributed by atoms with Crippen molar-refractivity contribution in [3.63, 3.8) is 0 Å². The highest BCUT2D eigenvalue weighted by atomic mass is 19.1. The summed E-state index contributed by atoms with van der Waals surface area (Å²) in [6.07, 6.45) is 5.60. The molecule has 1 amide bonds. The highest BCUT2D eigenvalue weighted by molar-refractivity contribution is 5.95. The van der Waals surface area contributed by atoms with E-state index in [1.54, 1.807) is 18.3 Å². The third-order valence-electron chi connectivity index (χ3n) is 5.77. The highest BCUT2D eigenvalue weighted by Crippen LogP contribution is 2.27. The molecule has 7 nitrogen and oxygen atoms in total. The summed E-state index contributed by atoms with van der Waals surface area (Å²) in [6.45, 7) is 2.02. The smallest absolute Gasteiger partial charge is 0.251 e. The van der Waals surface area contributed by atoms with E-state index in [0.29, 0.717) is 42.5 Å². The lowest BCUT2D eigenvalue weighted by Crippen LogP contribution is -2.46. The fourth-order valence-corrected chi connectivity index (χ4v) is 3.79. The Hall–Kier alpha value is -3.00. The molecule has 2 unspecified atom stereocenters. The lowest BCUT2D eigenvalue weighted by molar-refractivity contribution is 0.0952. The van der Waals surface area contributed by atoms with Crippen molar-refractivity contribution in [2.24, 2.45) is 5.92 Å². The van der Waals surface area contributed by atoms with Gasteiger partial charge in [-0.15, -0.1) is 0 Å². The number of fused-ring (bicyclic) bond motifs is 1. The van der Waals surface area contributed by atoms with Crippen molar-refractivity contribution in [2.75, 3.05) is 25.0 Å². The average Bonchev–Trinajstić information content (AvgIpc) is 3.50. The number of nitrogens with zero attached hydrogens (tertiary/aromatic N) is 3. The van der Waals surface area contributed by atoms with Crippen LogP contribution in [-0.2, 0) is 0 Å². The van der Waals surface area contributed by atoms with Crippen LogP contribution in [0, 0.1) is 5.92 Å². The van der Waals surface area contributed by atoms with Crippen LogP contribution in [0.3, 0.4) is 0 Å². The van der Waals surface area contributed by atoms with Crippen LogP contribution in [0.2, 0.25) is 0 Å². The number of hydrogen-bond donors (Lipinski definition) is 3. The molecule has 1 aliphatic carbocycles. The van der Waals surface area contributed by atoms with Crippen molar-refractivity contribution in [2.45, 2.75) is 31.5 Å². The number of alkyl halides is 1. The van der Waals surface area contributed by atoms with E-state index in [2.05, 4.69) is 25.9 Å². The van der Waals surface area contributed by atoms with Gasteiger partial charge in [0, 0.05) is 24.8 Å². The molecular weight excluding hydrogens is 383 g/mol. The molecule has 2 atom stereocenters. The van der Waals surface area contributed by atoms with Crippen LogP contribution in [0.5, 0.6) is 0 Å². The second kappa shape index (κ2) is 8.02. The molecule has 2 aliphatic rings. The van der Waals surface area contributed by atoms with Gasteiger partial charge >= 0.3 is 0 Å². The molecule has 156 valence electrons. The van der Waals surface area contributed by atoms with Gasteiger partial charge in [0.25, 0.3) is 5.91 Å². The van der Waals surface area contributed by atoms with Crippen molar-refractivity contribution in [1.29, 1.82) is 0 Å². The van der Waals surface area contributed by atoms with E-state index in [9.17, 15) is 9.18 Å². The summed E-state index contributed by atoms with van der Waals surface area (Å²) in [6, 6.07) is 8.93. The predicted molar refractivity (Wildman–Crippen MR) is 113 cm³/mol. The number of piperidine rings is 1. The summed E-state index contributed by atoms with van der Waals surface area (Å²) >= 11 is 0. The summed E-state index contributed by atoms with van der Waals surface area (Å²) in [7, 11) is 0. The third kappa shape index (κ3) is 4.00. The maximum atomic E-state index is 14.1. The summed E-state index contributed by atoms with van der Waals surface area (Å²) in [5, 5.41) is 9.39. The topological polar surface area (TPSA) is 83.4 Å². The zero-order valence-corrected chi connectivity index (χ0v) is 16.6. The van der Waals surface area contributed by atoms with Crippen LogP contribution in [-0.4, -0.2) is 52.1 Å². The number of hydrogen-bond acceptors (Lipinski definition) is 5. The SMILES string of the molecule is O=C(NCC1CC1)c1ccn2c(-c3cccc(NC4CNCCC4F)n3)cnc2c1.